The van der Waals surface area contributed by atoms with Crippen molar-refractivity contribution in [2.45, 2.75) is 24.5 Å². The monoisotopic (exact) mass is 244 g/mol. The first-order chi connectivity index (χ1) is 8.04. The van der Waals surface area contributed by atoms with E-state index in [1.54, 1.807) is 0 Å². The fourth-order valence-electron chi connectivity index (χ4n) is 1.61. The molecule has 1 saturated heterocycles. The Morgan fingerprint density at radius 1 is 1.53 bits per heavy atom. The number of carbonyl (C=O) groups is 1. The third-order valence-corrected chi connectivity index (χ3v) is 2.54. The molecule has 4 atom stereocenters. The lowest BCUT2D eigenvalue weighted by Gasteiger charge is -2.13. The summed E-state index contributed by atoms with van der Waals surface area (Å²) in [5.41, 5.74) is 4.91. The zero-order valence-corrected chi connectivity index (χ0v) is 8.67. The van der Waals surface area contributed by atoms with Crippen molar-refractivity contribution in [1.29, 1.82) is 0 Å². The number of rotatable bonds is 3. The number of carbonyl (C=O) groups excluding carboxylic acids is 1. The van der Waals surface area contributed by atoms with Crippen LogP contribution >= 0.6 is 0 Å². The highest BCUT2D eigenvalue weighted by atomic mass is 16.6. The van der Waals surface area contributed by atoms with E-state index in [9.17, 15) is 15.0 Å². The maximum atomic E-state index is 10.8. The van der Waals surface area contributed by atoms with Gasteiger partial charge in [0.1, 0.15) is 18.3 Å². The van der Waals surface area contributed by atoms with Crippen LogP contribution in [0.1, 0.15) is 16.7 Å². The number of hydrogen-bond donors (Lipinski definition) is 4. The lowest BCUT2D eigenvalue weighted by molar-refractivity contribution is -0.0594. The highest BCUT2D eigenvalue weighted by Gasteiger charge is 2.44. The van der Waals surface area contributed by atoms with Crippen LogP contribution in [0.2, 0.25) is 0 Å². The zero-order chi connectivity index (χ0) is 12.6. The summed E-state index contributed by atoms with van der Waals surface area (Å²) in [4.78, 5) is 10.8. The molecule has 2 rings (SSSR count). The van der Waals surface area contributed by atoms with Crippen LogP contribution in [0, 0.1) is 0 Å². The Hall–Kier alpha value is -1.55. The SMILES string of the molecule is NC(=O)c1cn([C@@H]2O[C@H](CO)C(O)[C@@H]2O)nn1. The molecular weight excluding hydrogens is 232 g/mol. The number of amides is 1. The molecule has 1 amide bonds. The number of hydrogen-bond acceptors (Lipinski definition) is 7. The summed E-state index contributed by atoms with van der Waals surface area (Å²) < 4.78 is 6.25. The molecule has 94 valence electrons. The Balaban J connectivity index is 2.19. The molecule has 0 saturated carbocycles. The normalized spacial score (nSPS) is 32.9. The highest BCUT2D eigenvalue weighted by molar-refractivity contribution is 5.90. The third-order valence-electron chi connectivity index (χ3n) is 2.54. The molecule has 2 heterocycles. The standard InChI is InChI=1S/C8H12N4O5/c9-7(16)3-1-12(11-10-3)8-6(15)5(14)4(2-13)17-8/h1,4-6,8,13-15H,2H2,(H2,9,16)/t4-,5?,6+,8-/m1/s1. The van der Waals surface area contributed by atoms with Gasteiger partial charge < -0.3 is 25.8 Å². The van der Waals surface area contributed by atoms with E-state index in [0.29, 0.717) is 0 Å². The van der Waals surface area contributed by atoms with Gasteiger partial charge in [-0.3, -0.25) is 4.79 Å². The van der Waals surface area contributed by atoms with Crippen LogP contribution in [-0.4, -0.2) is 61.1 Å². The molecule has 1 aliphatic rings. The molecule has 0 aliphatic carbocycles. The van der Waals surface area contributed by atoms with Gasteiger partial charge in [0, 0.05) is 0 Å². The third kappa shape index (κ3) is 2.00. The van der Waals surface area contributed by atoms with Crippen molar-refractivity contribution in [2.75, 3.05) is 6.61 Å². The minimum absolute atomic E-state index is 0.0808. The second kappa shape index (κ2) is 4.37. The maximum Gasteiger partial charge on any atom is 0.270 e. The van der Waals surface area contributed by atoms with E-state index in [1.165, 1.54) is 6.20 Å². The molecule has 5 N–H and O–H groups in total. The van der Waals surface area contributed by atoms with Gasteiger partial charge in [0.15, 0.2) is 11.9 Å². The molecule has 9 heteroatoms. The smallest absolute Gasteiger partial charge is 0.270 e. The first-order valence-corrected chi connectivity index (χ1v) is 4.88. The predicted octanol–water partition coefficient (Wildman–Crippen LogP) is -3.01. The minimum atomic E-state index is -1.27. The van der Waals surface area contributed by atoms with Crippen molar-refractivity contribution in [2.24, 2.45) is 5.73 Å². The van der Waals surface area contributed by atoms with Crippen LogP contribution in [0.25, 0.3) is 0 Å². The van der Waals surface area contributed by atoms with E-state index in [2.05, 4.69) is 10.3 Å². The first kappa shape index (κ1) is 11.9. The fraction of sp³-hybridized carbons (Fsp3) is 0.625. The molecule has 0 spiro atoms. The molecule has 0 radical (unpaired) electrons. The lowest BCUT2D eigenvalue weighted by Crippen LogP contribution is -2.33. The van der Waals surface area contributed by atoms with Crippen molar-refractivity contribution in [3.63, 3.8) is 0 Å². The van der Waals surface area contributed by atoms with E-state index < -0.39 is 37.1 Å². The number of nitrogens with zero attached hydrogens (tertiary/aromatic N) is 3. The van der Waals surface area contributed by atoms with Gasteiger partial charge in [0.25, 0.3) is 5.91 Å². The summed E-state index contributed by atoms with van der Waals surface area (Å²) in [6.45, 7) is -0.438. The average Bonchev–Trinajstić information content (AvgIpc) is 2.87. The molecule has 0 bridgehead atoms. The fourth-order valence-corrected chi connectivity index (χ4v) is 1.61. The molecule has 17 heavy (non-hydrogen) atoms. The summed E-state index contributed by atoms with van der Waals surface area (Å²) in [7, 11) is 0. The van der Waals surface area contributed by atoms with Gasteiger partial charge in [0.05, 0.1) is 12.8 Å². The molecule has 1 aromatic heterocycles. The van der Waals surface area contributed by atoms with Crippen LogP contribution in [-0.2, 0) is 4.74 Å². The molecule has 0 aromatic carbocycles. The van der Waals surface area contributed by atoms with Crippen LogP contribution in [0.15, 0.2) is 6.20 Å². The van der Waals surface area contributed by atoms with Crippen LogP contribution in [0.3, 0.4) is 0 Å². The van der Waals surface area contributed by atoms with Crippen LogP contribution in [0.5, 0.6) is 0 Å². The number of nitrogens with two attached hydrogens (primary N) is 1. The van der Waals surface area contributed by atoms with Crippen LogP contribution < -0.4 is 5.73 Å². The second-order valence-electron chi connectivity index (χ2n) is 3.68. The summed E-state index contributed by atoms with van der Waals surface area (Å²) in [6.07, 6.45) is -3.22. The topological polar surface area (TPSA) is 144 Å². The molecule has 1 aliphatic heterocycles. The predicted molar refractivity (Wildman–Crippen MR) is 51.5 cm³/mol. The summed E-state index contributed by atoms with van der Waals surface area (Å²) in [6, 6.07) is 0. The molecule has 1 unspecified atom stereocenters. The van der Waals surface area contributed by atoms with Crippen molar-refractivity contribution in [3.8, 4) is 0 Å². The Morgan fingerprint density at radius 3 is 2.71 bits per heavy atom. The van der Waals surface area contributed by atoms with Gasteiger partial charge in [-0.15, -0.1) is 5.10 Å². The quantitative estimate of drug-likeness (QED) is 0.443. The van der Waals surface area contributed by atoms with Crippen molar-refractivity contribution >= 4 is 5.91 Å². The largest absolute Gasteiger partial charge is 0.394 e. The van der Waals surface area contributed by atoms with Crippen molar-refractivity contribution < 1.29 is 24.9 Å². The molecule has 1 fully saturated rings. The Labute approximate surface area is 95.4 Å². The number of aliphatic hydroxyl groups is 3. The summed E-state index contributed by atoms with van der Waals surface area (Å²) >= 11 is 0. The van der Waals surface area contributed by atoms with Crippen LogP contribution in [0.4, 0.5) is 0 Å². The van der Waals surface area contributed by atoms with E-state index in [4.69, 9.17) is 15.6 Å². The van der Waals surface area contributed by atoms with Gasteiger partial charge in [-0.1, -0.05) is 5.21 Å². The Kier molecular flexibility index (Phi) is 3.07. The van der Waals surface area contributed by atoms with Gasteiger partial charge in [-0.2, -0.15) is 0 Å². The molecular formula is C8H12N4O5. The first-order valence-electron chi connectivity index (χ1n) is 4.88. The van der Waals surface area contributed by atoms with E-state index in [1.807, 2.05) is 0 Å². The van der Waals surface area contributed by atoms with E-state index >= 15 is 0 Å². The number of aromatic nitrogens is 3. The zero-order valence-electron chi connectivity index (χ0n) is 8.67. The lowest BCUT2D eigenvalue weighted by atomic mass is 10.1. The second-order valence-corrected chi connectivity index (χ2v) is 3.68. The van der Waals surface area contributed by atoms with Gasteiger partial charge >= 0.3 is 0 Å². The van der Waals surface area contributed by atoms with Crippen molar-refractivity contribution in [1.82, 2.24) is 15.0 Å². The van der Waals surface area contributed by atoms with Crippen molar-refractivity contribution in [3.05, 3.63) is 11.9 Å². The highest BCUT2D eigenvalue weighted by Crippen LogP contribution is 2.28. The number of ether oxygens (including phenoxy) is 1. The Morgan fingerprint density at radius 2 is 2.24 bits per heavy atom. The maximum absolute atomic E-state index is 10.8. The van der Waals surface area contributed by atoms with Gasteiger partial charge in [-0.25, -0.2) is 4.68 Å². The molecule has 1 aromatic rings. The summed E-state index contributed by atoms with van der Waals surface area (Å²) in [5, 5.41) is 35.1. The molecule has 9 nitrogen and oxygen atoms in total. The van der Waals surface area contributed by atoms with E-state index in [-0.39, 0.29) is 5.69 Å². The average molecular weight is 244 g/mol. The van der Waals surface area contributed by atoms with Gasteiger partial charge in [0.2, 0.25) is 0 Å². The van der Waals surface area contributed by atoms with E-state index in [0.717, 1.165) is 4.68 Å². The minimum Gasteiger partial charge on any atom is -0.394 e. The number of aliphatic hydroxyl groups excluding tert-OH is 3. The Bertz CT molecular complexity index is 422. The van der Waals surface area contributed by atoms with Gasteiger partial charge in [-0.05, 0) is 0 Å². The number of primary amides is 1. The summed E-state index contributed by atoms with van der Waals surface area (Å²) in [5.74, 6) is -0.761.